The zero-order valence-electron chi connectivity index (χ0n) is 20.0. The summed E-state index contributed by atoms with van der Waals surface area (Å²) in [7, 11) is 0. The van der Waals surface area contributed by atoms with Gasteiger partial charge >= 0.3 is 0 Å². The fourth-order valence-electron chi connectivity index (χ4n) is 3.92. The van der Waals surface area contributed by atoms with Crippen molar-refractivity contribution in [3.05, 3.63) is 72.2 Å². The van der Waals surface area contributed by atoms with Crippen LogP contribution in [0.4, 0.5) is 0 Å². The predicted molar refractivity (Wildman–Crippen MR) is 132 cm³/mol. The van der Waals surface area contributed by atoms with Crippen LogP contribution < -0.4 is 20.8 Å². The molecule has 6 heteroatoms. The Labute approximate surface area is 192 Å². The van der Waals surface area contributed by atoms with Crippen LogP contribution in [-0.2, 0) is 12.8 Å². The molecule has 0 aliphatic heterocycles. The summed E-state index contributed by atoms with van der Waals surface area (Å²) in [6.45, 7) is 11.3. The van der Waals surface area contributed by atoms with Crippen molar-refractivity contribution in [2.45, 2.75) is 54.4 Å². The molecule has 3 aromatic rings. The van der Waals surface area contributed by atoms with Crippen LogP contribution in [0.3, 0.4) is 0 Å². The second kappa shape index (κ2) is 9.53. The summed E-state index contributed by atoms with van der Waals surface area (Å²) < 4.78 is 11.7. The smallest absolute Gasteiger partial charge is 0.200 e. The van der Waals surface area contributed by atoms with Crippen LogP contribution in [0, 0.1) is 0 Å². The summed E-state index contributed by atoms with van der Waals surface area (Å²) >= 11 is 0. The van der Waals surface area contributed by atoms with Crippen molar-refractivity contribution >= 4 is 27.7 Å². The van der Waals surface area contributed by atoms with E-state index in [4.69, 9.17) is 9.15 Å². The van der Waals surface area contributed by atoms with Gasteiger partial charge in [-0.15, -0.1) is 0 Å². The van der Waals surface area contributed by atoms with Crippen molar-refractivity contribution in [3.63, 3.8) is 0 Å². The number of rotatable bonds is 6. The molecule has 0 atom stereocenters. The Morgan fingerprint density at radius 2 is 1.52 bits per heavy atom. The van der Waals surface area contributed by atoms with Crippen molar-refractivity contribution in [2.75, 3.05) is 6.61 Å². The summed E-state index contributed by atoms with van der Waals surface area (Å²) in [5, 5.41) is 21.9. The van der Waals surface area contributed by atoms with E-state index in [-0.39, 0.29) is 50.5 Å². The van der Waals surface area contributed by atoms with Crippen LogP contribution in [-0.4, -0.2) is 16.8 Å². The second-order valence-electron chi connectivity index (χ2n) is 8.60. The van der Waals surface area contributed by atoms with Crippen molar-refractivity contribution in [3.8, 4) is 11.5 Å². The first kappa shape index (κ1) is 24.1. The number of benzene rings is 2. The fourth-order valence-corrected chi connectivity index (χ4v) is 3.92. The number of aliphatic hydroxyl groups is 1. The quantitative estimate of drug-likeness (QED) is 0.412. The third kappa shape index (κ3) is 4.65. The Kier molecular flexibility index (Phi) is 6.96. The minimum atomic E-state index is -0.422. The van der Waals surface area contributed by atoms with E-state index in [1.54, 1.807) is 6.07 Å². The second-order valence-corrected chi connectivity index (χ2v) is 8.60. The number of aromatic hydroxyl groups is 1. The van der Waals surface area contributed by atoms with Gasteiger partial charge in [0.1, 0.15) is 33.8 Å². The molecular formula is C27H30O6. The van der Waals surface area contributed by atoms with Gasteiger partial charge in [0, 0.05) is 17.7 Å². The zero-order valence-corrected chi connectivity index (χ0v) is 20.0. The molecule has 0 bridgehead atoms. The highest BCUT2D eigenvalue weighted by Gasteiger charge is 2.22. The molecule has 0 saturated carbocycles. The molecule has 0 radical (unpaired) electrons. The first-order valence-electron chi connectivity index (χ1n) is 11.0. The molecule has 0 saturated heterocycles. The molecule has 0 aliphatic rings. The normalized spacial score (nSPS) is 12.1. The van der Waals surface area contributed by atoms with Crippen LogP contribution in [0.25, 0.3) is 27.7 Å². The van der Waals surface area contributed by atoms with Gasteiger partial charge in [0.05, 0.1) is 17.2 Å². The number of fused-ring (bicyclic) bond motifs is 2. The average molecular weight is 451 g/mol. The molecular weight excluding hydrogens is 420 g/mol. The lowest BCUT2D eigenvalue weighted by atomic mass is 9.97. The van der Waals surface area contributed by atoms with Gasteiger partial charge in [0.2, 0.25) is 5.43 Å². The lowest BCUT2D eigenvalue weighted by molar-refractivity contribution is 0.337. The van der Waals surface area contributed by atoms with Crippen molar-refractivity contribution in [1.29, 1.82) is 0 Å². The number of hydrogen-bond donors (Lipinski definition) is 2. The summed E-state index contributed by atoms with van der Waals surface area (Å²) in [6, 6.07) is 2.82. The lowest BCUT2D eigenvalue weighted by Crippen LogP contribution is -2.30. The van der Waals surface area contributed by atoms with Gasteiger partial charge in [-0.3, -0.25) is 9.59 Å². The SMILES string of the molecule is CCOc1cc2oc3cc(=O)/c(=C(\C)O)c(CC=C(C)C)c3c(O)c2c(=O)c1CC=C(C)C. The third-order valence-electron chi connectivity index (χ3n) is 5.45. The van der Waals surface area contributed by atoms with Crippen molar-refractivity contribution < 1.29 is 19.4 Å². The maximum atomic E-state index is 13.5. The highest BCUT2D eigenvalue weighted by Crippen LogP contribution is 2.36. The molecule has 0 aliphatic carbocycles. The van der Waals surface area contributed by atoms with E-state index in [1.807, 2.05) is 46.8 Å². The monoisotopic (exact) mass is 450 g/mol. The summed E-state index contributed by atoms with van der Waals surface area (Å²) in [5.74, 6) is -0.0347. The number of ether oxygens (including phenoxy) is 1. The van der Waals surface area contributed by atoms with Crippen molar-refractivity contribution in [2.24, 2.45) is 0 Å². The minimum absolute atomic E-state index is 0.0294. The van der Waals surface area contributed by atoms with Gasteiger partial charge in [-0.2, -0.15) is 0 Å². The van der Waals surface area contributed by atoms with Crippen LogP contribution in [0.15, 0.2) is 49.4 Å². The number of allylic oxidation sites excluding steroid dienone is 4. The zero-order chi connectivity index (χ0) is 24.4. The number of hydrogen-bond acceptors (Lipinski definition) is 6. The first-order valence-corrected chi connectivity index (χ1v) is 11.0. The van der Waals surface area contributed by atoms with Crippen LogP contribution in [0.5, 0.6) is 11.5 Å². The van der Waals surface area contributed by atoms with Crippen LogP contribution >= 0.6 is 0 Å². The van der Waals surface area contributed by atoms with E-state index in [0.717, 1.165) is 11.1 Å². The molecule has 0 fully saturated rings. The molecule has 0 unspecified atom stereocenters. The summed E-state index contributed by atoms with van der Waals surface area (Å²) in [6.07, 6.45) is 4.45. The minimum Gasteiger partial charge on any atom is -0.512 e. The molecule has 33 heavy (non-hydrogen) atoms. The van der Waals surface area contributed by atoms with E-state index >= 15 is 0 Å². The van der Waals surface area contributed by atoms with Gasteiger partial charge in [-0.25, -0.2) is 0 Å². The molecule has 3 rings (SSSR count). The molecule has 1 aromatic heterocycles. The van der Waals surface area contributed by atoms with E-state index in [2.05, 4.69) is 0 Å². The van der Waals surface area contributed by atoms with E-state index in [0.29, 0.717) is 29.9 Å². The predicted octanol–water partition coefficient (Wildman–Crippen LogP) is 4.83. The van der Waals surface area contributed by atoms with Gasteiger partial charge in [0.25, 0.3) is 0 Å². The maximum Gasteiger partial charge on any atom is 0.200 e. The lowest BCUT2D eigenvalue weighted by Gasteiger charge is -2.14. The Morgan fingerprint density at radius 1 is 0.939 bits per heavy atom. The topological polar surface area (TPSA) is 97.0 Å². The van der Waals surface area contributed by atoms with Crippen LogP contribution in [0.2, 0.25) is 0 Å². The fraction of sp³-hybridized carbons (Fsp3) is 0.333. The first-order chi connectivity index (χ1) is 15.6. The Bertz CT molecular complexity index is 1460. The summed E-state index contributed by atoms with van der Waals surface area (Å²) in [4.78, 5) is 26.3. The molecule has 2 N–H and O–H groups in total. The van der Waals surface area contributed by atoms with E-state index < -0.39 is 5.43 Å². The molecule has 0 spiro atoms. The molecule has 1 heterocycles. The van der Waals surface area contributed by atoms with Gasteiger partial charge in [0.15, 0.2) is 5.43 Å². The molecule has 2 aromatic carbocycles. The van der Waals surface area contributed by atoms with E-state index in [1.165, 1.54) is 13.0 Å². The third-order valence-corrected chi connectivity index (χ3v) is 5.45. The highest BCUT2D eigenvalue weighted by atomic mass is 16.5. The molecule has 6 nitrogen and oxygen atoms in total. The maximum absolute atomic E-state index is 13.5. The van der Waals surface area contributed by atoms with Gasteiger partial charge < -0.3 is 19.4 Å². The molecule has 174 valence electrons. The Morgan fingerprint density at radius 3 is 2.06 bits per heavy atom. The van der Waals surface area contributed by atoms with E-state index in [9.17, 15) is 19.8 Å². The standard InChI is InChI=1S/C27H30O6/c1-7-32-20-13-22-25(26(30)17(20)10-8-14(2)3)27(31)24-18(11-9-15(4)5)23(16(6)28)19(29)12-21(24)33-22/h8-9,12-13,28,31H,7,10-11H2,1-6H3/b23-16+. The summed E-state index contributed by atoms with van der Waals surface area (Å²) in [5.41, 5.74) is 2.37. The van der Waals surface area contributed by atoms with Gasteiger partial charge in [-0.05, 0) is 59.9 Å². The number of aliphatic hydroxyl groups excluding tert-OH is 1. The van der Waals surface area contributed by atoms with Crippen LogP contribution in [0.1, 0.15) is 52.7 Å². The molecule has 0 amide bonds. The van der Waals surface area contributed by atoms with Crippen molar-refractivity contribution in [1.82, 2.24) is 0 Å². The van der Waals surface area contributed by atoms with Gasteiger partial charge in [-0.1, -0.05) is 23.3 Å². The largest absolute Gasteiger partial charge is 0.512 e. The Hall–Kier alpha value is -3.54. The highest BCUT2D eigenvalue weighted by molar-refractivity contribution is 6.00. The Balaban J connectivity index is 2.55. The average Bonchev–Trinajstić information content (AvgIpc) is 2.70.